The average Bonchev–Trinajstić information content (AvgIpc) is 3.44. The second-order valence-electron chi connectivity index (χ2n) is 6.62. The lowest BCUT2D eigenvalue weighted by atomic mass is 10.1. The van der Waals surface area contributed by atoms with E-state index in [1.165, 1.54) is 0 Å². The zero-order valence-corrected chi connectivity index (χ0v) is 15.7. The molecule has 9 heteroatoms. The molecule has 2 aromatic carbocycles. The van der Waals surface area contributed by atoms with Gasteiger partial charge in [-0.3, -0.25) is 4.79 Å². The van der Waals surface area contributed by atoms with Crippen LogP contribution in [0.3, 0.4) is 0 Å². The van der Waals surface area contributed by atoms with E-state index >= 15 is 0 Å². The molecule has 0 aliphatic carbocycles. The molecule has 0 aliphatic rings. The van der Waals surface area contributed by atoms with E-state index in [0.29, 0.717) is 11.5 Å². The second kappa shape index (κ2) is 7.55. The first-order valence-electron chi connectivity index (χ1n) is 9.29. The van der Waals surface area contributed by atoms with Crippen molar-refractivity contribution in [3.8, 4) is 22.4 Å². The number of tetrazole rings is 1. The molecule has 30 heavy (non-hydrogen) atoms. The van der Waals surface area contributed by atoms with Gasteiger partial charge in [0.25, 0.3) is 0 Å². The Bertz CT molecular complexity index is 1310. The van der Waals surface area contributed by atoms with Gasteiger partial charge in [0.15, 0.2) is 11.5 Å². The van der Waals surface area contributed by atoms with Gasteiger partial charge in [0.05, 0.1) is 18.3 Å². The largest absolute Gasteiger partial charge is 0.326 e. The van der Waals surface area contributed by atoms with Crippen molar-refractivity contribution in [3.05, 3.63) is 78.9 Å². The maximum Gasteiger partial charge on any atom is 0.232 e. The fraction of sp³-hybridized carbons (Fsp3) is 0.0476. The summed E-state index contributed by atoms with van der Waals surface area (Å²) in [6.07, 6.45) is 3.61. The van der Waals surface area contributed by atoms with E-state index in [-0.39, 0.29) is 12.3 Å². The Morgan fingerprint density at radius 1 is 1.03 bits per heavy atom. The Hall–Kier alpha value is -4.40. The number of carbonyl (C=O) groups excluding carboxylic acids is 1. The molecule has 0 fully saturated rings. The van der Waals surface area contributed by atoms with Crippen LogP contribution in [0.25, 0.3) is 28.0 Å². The van der Waals surface area contributed by atoms with Crippen molar-refractivity contribution in [2.24, 2.45) is 0 Å². The maximum atomic E-state index is 12.2. The summed E-state index contributed by atoms with van der Waals surface area (Å²) in [6.45, 7) is 0. The summed E-state index contributed by atoms with van der Waals surface area (Å²) in [6, 6.07) is 19.5. The molecule has 0 bridgehead atoms. The van der Waals surface area contributed by atoms with Crippen LogP contribution < -0.4 is 5.32 Å². The smallest absolute Gasteiger partial charge is 0.232 e. The summed E-state index contributed by atoms with van der Waals surface area (Å²) >= 11 is 0. The van der Waals surface area contributed by atoms with Crippen molar-refractivity contribution in [1.29, 1.82) is 0 Å². The van der Waals surface area contributed by atoms with Gasteiger partial charge in [-0.05, 0) is 23.8 Å². The van der Waals surface area contributed by atoms with Gasteiger partial charge in [-0.2, -0.15) is 10.3 Å². The van der Waals surface area contributed by atoms with E-state index in [2.05, 4.69) is 36.0 Å². The van der Waals surface area contributed by atoms with E-state index in [1.807, 2.05) is 65.2 Å². The first-order valence-corrected chi connectivity index (χ1v) is 9.29. The quantitative estimate of drug-likeness (QED) is 0.472. The van der Waals surface area contributed by atoms with Crippen molar-refractivity contribution in [1.82, 2.24) is 35.2 Å². The molecule has 0 saturated carbocycles. The number of nitrogens with one attached hydrogen (secondary N) is 2. The number of carbonyl (C=O) groups is 1. The van der Waals surface area contributed by atoms with Crippen molar-refractivity contribution in [2.45, 2.75) is 6.42 Å². The average molecular weight is 396 g/mol. The molecule has 0 saturated heterocycles. The summed E-state index contributed by atoms with van der Waals surface area (Å²) in [7, 11) is 0. The maximum absolute atomic E-state index is 12.2. The molecule has 9 nitrogen and oxygen atoms in total. The first kappa shape index (κ1) is 17.7. The van der Waals surface area contributed by atoms with Gasteiger partial charge in [0.1, 0.15) is 0 Å². The third kappa shape index (κ3) is 3.39. The molecule has 5 rings (SSSR count). The zero-order chi connectivity index (χ0) is 20.3. The lowest BCUT2D eigenvalue weighted by molar-refractivity contribution is -0.115. The van der Waals surface area contributed by atoms with E-state index in [1.54, 1.807) is 12.4 Å². The highest BCUT2D eigenvalue weighted by Gasteiger charge is 2.13. The van der Waals surface area contributed by atoms with Gasteiger partial charge in [-0.15, -0.1) is 10.2 Å². The van der Waals surface area contributed by atoms with E-state index < -0.39 is 0 Å². The molecule has 0 radical (unpaired) electrons. The Labute approximate surface area is 170 Å². The summed E-state index contributed by atoms with van der Waals surface area (Å²) in [5, 5.41) is 20.8. The molecule has 5 aromatic rings. The van der Waals surface area contributed by atoms with Gasteiger partial charge in [0.2, 0.25) is 5.91 Å². The standard InChI is InChI=1S/C21H16N8O/c30-20(12-19-25-27-28-26-19)24-16-8-4-7-15(11-16)17-13-23-29-18(9-10-22-21(17)29)14-5-2-1-3-6-14/h1-11,13H,12H2,(H,24,30)(H,25,26,27,28). The number of benzene rings is 2. The van der Waals surface area contributed by atoms with Gasteiger partial charge in [-0.1, -0.05) is 47.7 Å². The van der Waals surface area contributed by atoms with Gasteiger partial charge in [-0.25, -0.2) is 9.50 Å². The van der Waals surface area contributed by atoms with Crippen LogP contribution in [0.4, 0.5) is 5.69 Å². The van der Waals surface area contributed by atoms with Crippen molar-refractivity contribution in [3.63, 3.8) is 0 Å². The van der Waals surface area contributed by atoms with Crippen LogP contribution in [0.1, 0.15) is 5.82 Å². The molecule has 0 spiro atoms. The highest BCUT2D eigenvalue weighted by molar-refractivity contribution is 5.93. The number of fused-ring (bicyclic) bond motifs is 1. The second-order valence-corrected chi connectivity index (χ2v) is 6.62. The number of nitrogens with zero attached hydrogens (tertiary/aromatic N) is 6. The van der Waals surface area contributed by atoms with Gasteiger partial charge in [0, 0.05) is 23.0 Å². The minimum atomic E-state index is -0.224. The van der Waals surface area contributed by atoms with Crippen molar-refractivity contribution >= 4 is 17.2 Å². The Morgan fingerprint density at radius 2 is 1.90 bits per heavy atom. The predicted octanol–water partition coefficient (Wildman–Crippen LogP) is 2.76. The molecule has 0 atom stereocenters. The Balaban J connectivity index is 1.46. The van der Waals surface area contributed by atoms with Gasteiger partial charge < -0.3 is 5.32 Å². The summed E-state index contributed by atoms with van der Waals surface area (Å²) < 4.78 is 1.83. The van der Waals surface area contributed by atoms with Crippen LogP contribution in [0.2, 0.25) is 0 Å². The lowest BCUT2D eigenvalue weighted by Crippen LogP contribution is -2.15. The highest BCUT2D eigenvalue weighted by Crippen LogP contribution is 2.28. The summed E-state index contributed by atoms with van der Waals surface area (Å²) in [5.41, 5.74) is 5.20. The van der Waals surface area contributed by atoms with E-state index in [9.17, 15) is 4.79 Å². The monoisotopic (exact) mass is 396 g/mol. The number of H-pyrrole nitrogens is 1. The van der Waals surface area contributed by atoms with Crippen LogP contribution in [0.5, 0.6) is 0 Å². The molecule has 3 heterocycles. The summed E-state index contributed by atoms with van der Waals surface area (Å²) in [4.78, 5) is 16.8. The molecule has 2 N–H and O–H groups in total. The minimum absolute atomic E-state index is 0.0411. The normalized spacial score (nSPS) is 10.9. The topological polar surface area (TPSA) is 114 Å². The number of rotatable bonds is 5. The molecular formula is C21H16N8O. The third-order valence-corrected chi connectivity index (χ3v) is 4.64. The summed E-state index contributed by atoms with van der Waals surface area (Å²) in [5.74, 6) is 0.113. The van der Waals surface area contributed by atoms with Gasteiger partial charge >= 0.3 is 0 Å². The van der Waals surface area contributed by atoms with Crippen LogP contribution in [0.15, 0.2) is 73.1 Å². The number of aromatic nitrogens is 7. The molecule has 0 unspecified atom stereocenters. The number of aromatic amines is 1. The molecule has 0 aliphatic heterocycles. The van der Waals surface area contributed by atoms with E-state index in [0.717, 1.165) is 28.0 Å². The molecule has 3 aromatic heterocycles. The number of anilines is 1. The fourth-order valence-electron chi connectivity index (χ4n) is 3.29. The molecular weight excluding hydrogens is 380 g/mol. The van der Waals surface area contributed by atoms with Crippen LogP contribution in [0, 0.1) is 0 Å². The van der Waals surface area contributed by atoms with Crippen LogP contribution in [-0.4, -0.2) is 41.1 Å². The van der Waals surface area contributed by atoms with E-state index in [4.69, 9.17) is 0 Å². The number of hydrogen-bond acceptors (Lipinski definition) is 6. The SMILES string of the molecule is O=C(Cc1nn[nH]n1)Nc1cccc(-c2cnn3c(-c4ccccc4)ccnc23)c1. The van der Waals surface area contributed by atoms with Crippen LogP contribution in [-0.2, 0) is 11.2 Å². The molecule has 146 valence electrons. The zero-order valence-electron chi connectivity index (χ0n) is 15.7. The third-order valence-electron chi connectivity index (χ3n) is 4.64. The Kier molecular flexibility index (Phi) is 4.45. The van der Waals surface area contributed by atoms with Crippen LogP contribution >= 0.6 is 0 Å². The highest BCUT2D eigenvalue weighted by atomic mass is 16.1. The number of amides is 1. The fourth-order valence-corrected chi connectivity index (χ4v) is 3.29. The number of hydrogen-bond donors (Lipinski definition) is 2. The van der Waals surface area contributed by atoms with Crippen molar-refractivity contribution < 1.29 is 4.79 Å². The lowest BCUT2D eigenvalue weighted by Gasteiger charge is -2.07. The molecule has 1 amide bonds. The van der Waals surface area contributed by atoms with Crippen molar-refractivity contribution in [2.75, 3.05) is 5.32 Å². The Morgan fingerprint density at radius 3 is 2.73 bits per heavy atom. The first-order chi connectivity index (χ1) is 14.8. The predicted molar refractivity (Wildman–Crippen MR) is 110 cm³/mol. The minimum Gasteiger partial charge on any atom is -0.326 e.